The lowest BCUT2D eigenvalue weighted by atomic mass is 10.1. The first-order valence-corrected chi connectivity index (χ1v) is 6.51. The van der Waals surface area contributed by atoms with Crippen molar-refractivity contribution in [3.8, 4) is 22.7 Å². The number of hydrogen-bond acceptors (Lipinski definition) is 5. The molecule has 0 saturated carbocycles. The number of aromatic nitrogens is 4. The molecule has 0 atom stereocenters. The predicted octanol–water partition coefficient (Wildman–Crippen LogP) is 2.38. The van der Waals surface area contributed by atoms with Crippen LogP contribution in [0.1, 0.15) is 0 Å². The Morgan fingerprint density at radius 1 is 1.14 bits per heavy atom. The lowest BCUT2D eigenvalue weighted by Gasteiger charge is -2.11. The summed E-state index contributed by atoms with van der Waals surface area (Å²) in [4.78, 5) is 0. The number of hydrogen-bond donors (Lipinski definition) is 1. The minimum atomic E-state index is 0.730. The van der Waals surface area contributed by atoms with E-state index in [0.29, 0.717) is 0 Å². The van der Waals surface area contributed by atoms with Crippen molar-refractivity contribution in [1.29, 1.82) is 0 Å². The Bertz CT molecular complexity index is 722. The highest BCUT2D eigenvalue weighted by atomic mass is 16.5. The molecule has 2 heterocycles. The van der Waals surface area contributed by atoms with Gasteiger partial charge in [-0.2, -0.15) is 5.10 Å². The maximum absolute atomic E-state index is 5.29. The largest absolute Gasteiger partial charge is 0.497 e. The molecular formula is C15H15N5O. The number of benzene rings is 1. The minimum Gasteiger partial charge on any atom is -0.497 e. The summed E-state index contributed by atoms with van der Waals surface area (Å²) in [5, 5.41) is 15.6. The summed E-state index contributed by atoms with van der Waals surface area (Å²) in [6.45, 7) is 0. The van der Waals surface area contributed by atoms with E-state index in [1.54, 1.807) is 18.0 Å². The quantitative estimate of drug-likeness (QED) is 0.795. The summed E-state index contributed by atoms with van der Waals surface area (Å²) in [7, 11) is 3.45. The van der Waals surface area contributed by atoms with Gasteiger partial charge in [0.1, 0.15) is 11.6 Å². The number of anilines is 1. The van der Waals surface area contributed by atoms with Crippen LogP contribution in [0.25, 0.3) is 16.9 Å². The van der Waals surface area contributed by atoms with Gasteiger partial charge in [-0.05, 0) is 30.3 Å². The first-order valence-electron chi connectivity index (χ1n) is 6.51. The third-order valence-corrected chi connectivity index (χ3v) is 3.15. The van der Waals surface area contributed by atoms with Gasteiger partial charge in [-0.1, -0.05) is 0 Å². The monoisotopic (exact) mass is 281 g/mol. The van der Waals surface area contributed by atoms with Crippen LogP contribution < -0.4 is 10.1 Å². The smallest absolute Gasteiger partial charge is 0.148 e. The molecule has 3 rings (SSSR count). The van der Waals surface area contributed by atoms with Gasteiger partial charge < -0.3 is 10.1 Å². The molecule has 0 aliphatic rings. The first kappa shape index (κ1) is 13.1. The zero-order valence-electron chi connectivity index (χ0n) is 11.8. The Kier molecular flexibility index (Phi) is 3.51. The van der Waals surface area contributed by atoms with E-state index in [-0.39, 0.29) is 0 Å². The molecule has 106 valence electrons. The van der Waals surface area contributed by atoms with Gasteiger partial charge >= 0.3 is 0 Å². The van der Waals surface area contributed by atoms with Gasteiger partial charge in [-0.3, -0.25) is 0 Å². The van der Waals surface area contributed by atoms with Gasteiger partial charge in [0.05, 0.1) is 18.5 Å². The van der Waals surface area contributed by atoms with Crippen LogP contribution in [0.3, 0.4) is 0 Å². The molecule has 0 aliphatic carbocycles. The molecule has 6 heteroatoms. The molecular weight excluding hydrogens is 266 g/mol. The number of nitrogens with zero attached hydrogens (tertiary/aromatic N) is 4. The summed E-state index contributed by atoms with van der Waals surface area (Å²) >= 11 is 0. The summed E-state index contributed by atoms with van der Waals surface area (Å²) in [5.41, 5.74) is 2.61. The summed E-state index contributed by atoms with van der Waals surface area (Å²) in [5.74, 6) is 1.50. The normalized spacial score (nSPS) is 10.4. The van der Waals surface area contributed by atoms with Crippen molar-refractivity contribution in [1.82, 2.24) is 20.0 Å². The summed E-state index contributed by atoms with van der Waals surface area (Å²) in [6, 6.07) is 11.5. The van der Waals surface area contributed by atoms with Gasteiger partial charge in [0.2, 0.25) is 0 Å². The molecule has 0 amide bonds. The highest BCUT2D eigenvalue weighted by Crippen LogP contribution is 2.28. The summed E-state index contributed by atoms with van der Waals surface area (Å²) < 4.78 is 7.08. The van der Waals surface area contributed by atoms with E-state index in [9.17, 15) is 0 Å². The zero-order valence-corrected chi connectivity index (χ0v) is 11.8. The fourth-order valence-electron chi connectivity index (χ4n) is 2.07. The van der Waals surface area contributed by atoms with Crippen molar-refractivity contribution in [2.24, 2.45) is 0 Å². The fourth-order valence-corrected chi connectivity index (χ4v) is 2.07. The molecule has 0 saturated heterocycles. The maximum atomic E-state index is 5.29. The van der Waals surface area contributed by atoms with E-state index in [0.717, 1.165) is 28.5 Å². The Morgan fingerprint density at radius 3 is 2.67 bits per heavy atom. The number of rotatable bonds is 4. The van der Waals surface area contributed by atoms with Crippen LogP contribution in [0.4, 0.5) is 5.82 Å². The van der Waals surface area contributed by atoms with Gasteiger partial charge in [0.15, 0.2) is 0 Å². The number of ether oxygens (including phenoxy) is 1. The summed E-state index contributed by atoms with van der Waals surface area (Å²) in [6.07, 6.45) is 3.62. The molecule has 0 spiro atoms. The average molecular weight is 281 g/mol. The lowest BCUT2D eigenvalue weighted by Crippen LogP contribution is -2.01. The number of nitrogens with one attached hydrogen (secondary N) is 1. The van der Waals surface area contributed by atoms with Crippen LogP contribution in [0.5, 0.6) is 5.75 Å². The van der Waals surface area contributed by atoms with Crippen molar-refractivity contribution < 1.29 is 4.74 Å². The highest BCUT2D eigenvalue weighted by Gasteiger charge is 2.11. The zero-order chi connectivity index (χ0) is 14.7. The van der Waals surface area contributed by atoms with E-state index < -0.39 is 0 Å². The fraction of sp³-hybridized carbons (Fsp3) is 0.133. The van der Waals surface area contributed by atoms with E-state index in [1.165, 1.54) is 0 Å². The number of methoxy groups -OCH3 is 1. The Morgan fingerprint density at radius 2 is 2.05 bits per heavy atom. The molecule has 1 N–H and O–H groups in total. The molecule has 21 heavy (non-hydrogen) atoms. The van der Waals surface area contributed by atoms with Crippen molar-refractivity contribution in [2.75, 3.05) is 19.5 Å². The van der Waals surface area contributed by atoms with Gasteiger partial charge in [0.25, 0.3) is 0 Å². The second-order valence-electron chi connectivity index (χ2n) is 4.39. The highest BCUT2D eigenvalue weighted by molar-refractivity contribution is 5.71. The van der Waals surface area contributed by atoms with Crippen LogP contribution in [0, 0.1) is 0 Å². The van der Waals surface area contributed by atoms with Crippen LogP contribution in [0.15, 0.2) is 48.8 Å². The van der Waals surface area contributed by atoms with Crippen molar-refractivity contribution >= 4 is 5.82 Å². The van der Waals surface area contributed by atoms with Gasteiger partial charge in [-0.15, -0.1) is 10.2 Å². The van der Waals surface area contributed by atoms with Crippen molar-refractivity contribution in [2.45, 2.75) is 0 Å². The van der Waals surface area contributed by atoms with Gasteiger partial charge in [-0.25, -0.2) is 4.68 Å². The van der Waals surface area contributed by atoms with Crippen LogP contribution in [0.2, 0.25) is 0 Å². The molecule has 0 radical (unpaired) electrons. The third kappa shape index (κ3) is 2.55. The van der Waals surface area contributed by atoms with Gasteiger partial charge in [0, 0.05) is 31.1 Å². The molecule has 0 fully saturated rings. The van der Waals surface area contributed by atoms with Crippen molar-refractivity contribution in [3.63, 3.8) is 0 Å². The Hall–Kier alpha value is -2.89. The molecule has 2 aromatic heterocycles. The third-order valence-electron chi connectivity index (χ3n) is 3.15. The molecule has 0 aliphatic heterocycles. The maximum Gasteiger partial charge on any atom is 0.148 e. The predicted molar refractivity (Wildman–Crippen MR) is 80.7 cm³/mol. The Labute approximate surface area is 122 Å². The minimum absolute atomic E-state index is 0.730. The average Bonchev–Trinajstić information content (AvgIpc) is 3.09. The topological polar surface area (TPSA) is 64.9 Å². The van der Waals surface area contributed by atoms with E-state index in [2.05, 4.69) is 20.6 Å². The molecule has 0 unspecified atom stereocenters. The van der Waals surface area contributed by atoms with E-state index in [4.69, 9.17) is 4.74 Å². The standard InChI is InChI=1S/C15H15N5O/c1-16-15-7-6-13(18-19-15)12-5-4-11(21-2)10-14(12)20-9-3-8-17-20/h3-10H,1-2H3,(H,16,19). The van der Waals surface area contributed by atoms with Crippen molar-refractivity contribution in [3.05, 3.63) is 48.8 Å². The molecule has 3 aromatic rings. The van der Waals surface area contributed by atoms with Crippen LogP contribution in [-0.2, 0) is 0 Å². The van der Waals surface area contributed by atoms with Crippen LogP contribution in [-0.4, -0.2) is 34.1 Å². The molecule has 6 nitrogen and oxygen atoms in total. The molecule has 0 bridgehead atoms. The lowest BCUT2D eigenvalue weighted by molar-refractivity contribution is 0.414. The van der Waals surface area contributed by atoms with E-state index >= 15 is 0 Å². The second kappa shape index (κ2) is 5.62. The second-order valence-corrected chi connectivity index (χ2v) is 4.39. The Balaban J connectivity index is 2.12. The molecule has 1 aromatic carbocycles. The van der Waals surface area contributed by atoms with Crippen LogP contribution >= 0.6 is 0 Å². The SMILES string of the molecule is CNc1ccc(-c2ccc(OC)cc2-n2cccn2)nn1. The first-order chi connectivity index (χ1) is 10.3. The van der Waals surface area contributed by atoms with E-state index in [1.807, 2.05) is 49.6 Å².